The minimum atomic E-state index is -3.18. The Morgan fingerprint density at radius 2 is 2.08 bits per heavy atom. The van der Waals surface area contributed by atoms with E-state index in [9.17, 15) is 8.42 Å². The summed E-state index contributed by atoms with van der Waals surface area (Å²) in [7, 11) is -1.00. The lowest BCUT2D eigenvalue weighted by molar-refractivity contribution is -0.0293. The maximum absolute atomic E-state index is 11.7. The van der Waals surface area contributed by atoms with E-state index in [2.05, 4.69) is 26.6 Å². The zero-order valence-electron chi connectivity index (χ0n) is 14.6. The number of aromatic nitrogens is 1. The smallest absolute Gasteiger partial charge is 0.208 e. The Morgan fingerprint density at radius 1 is 1.33 bits per heavy atom. The molecule has 1 atom stereocenters. The molecule has 2 saturated heterocycles. The summed E-state index contributed by atoms with van der Waals surface area (Å²) in [5.41, 5.74) is 0.222. The first-order valence-electron chi connectivity index (χ1n) is 8.64. The second-order valence-corrected chi connectivity index (χ2v) is 10.1. The minimum Gasteiger partial charge on any atom is -0.306 e. The topological polar surface area (TPSA) is 65.5 Å². The molecule has 8 heteroatoms. The summed E-state index contributed by atoms with van der Waals surface area (Å²) in [5.74, 6) is 0. The molecule has 0 unspecified atom stereocenters. The minimum absolute atomic E-state index is 0.222. The van der Waals surface area contributed by atoms with Crippen molar-refractivity contribution in [3.63, 3.8) is 0 Å². The lowest BCUT2D eigenvalue weighted by atomic mass is 9.67. The number of hydrogen-bond donors (Lipinski definition) is 1. The van der Waals surface area contributed by atoms with Crippen LogP contribution in [0.25, 0.3) is 0 Å². The van der Waals surface area contributed by atoms with Gasteiger partial charge in [0.1, 0.15) is 5.01 Å². The second kappa shape index (κ2) is 7.37. The van der Waals surface area contributed by atoms with E-state index >= 15 is 0 Å². The van der Waals surface area contributed by atoms with Crippen molar-refractivity contribution in [2.24, 2.45) is 5.41 Å². The first-order valence-corrected chi connectivity index (χ1v) is 11.4. The largest absolute Gasteiger partial charge is 0.306 e. The predicted octanol–water partition coefficient (Wildman–Crippen LogP) is 1.37. The molecule has 0 bridgehead atoms. The maximum atomic E-state index is 11.7. The molecule has 0 aliphatic carbocycles. The number of nitrogens with zero attached hydrogens (tertiary/aromatic N) is 3. The molecule has 1 N–H and O–H groups in total. The number of rotatable bonds is 5. The van der Waals surface area contributed by atoms with Crippen molar-refractivity contribution in [3.05, 3.63) is 16.6 Å². The van der Waals surface area contributed by atoms with Crippen molar-refractivity contribution >= 4 is 21.4 Å². The number of nitrogens with one attached hydrogen (secondary N) is 1. The molecule has 2 aliphatic rings. The Bertz CT molecular complexity index is 625. The van der Waals surface area contributed by atoms with Gasteiger partial charge >= 0.3 is 0 Å². The van der Waals surface area contributed by atoms with Crippen LogP contribution in [0, 0.1) is 5.41 Å². The number of thiazole rings is 1. The van der Waals surface area contributed by atoms with E-state index in [0.29, 0.717) is 6.54 Å². The van der Waals surface area contributed by atoms with E-state index < -0.39 is 10.0 Å². The van der Waals surface area contributed by atoms with Gasteiger partial charge in [0.25, 0.3) is 0 Å². The normalized spacial score (nSPS) is 26.0. The fourth-order valence-corrected chi connectivity index (χ4v) is 5.36. The van der Waals surface area contributed by atoms with Crippen LogP contribution in [-0.2, 0) is 16.6 Å². The molecule has 24 heavy (non-hydrogen) atoms. The molecule has 2 aliphatic heterocycles. The summed E-state index contributed by atoms with van der Waals surface area (Å²) in [5, 5.41) is 3.12. The van der Waals surface area contributed by atoms with Gasteiger partial charge in [0.15, 0.2) is 0 Å². The summed E-state index contributed by atoms with van der Waals surface area (Å²) in [6.45, 7) is 4.55. The van der Waals surface area contributed by atoms with Gasteiger partial charge in [0.2, 0.25) is 10.0 Å². The third-order valence-electron chi connectivity index (χ3n) is 5.61. The van der Waals surface area contributed by atoms with Crippen molar-refractivity contribution in [2.75, 3.05) is 39.5 Å². The number of likely N-dealkylation sites (tertiary alicyclic amines) is 2. The van der Waals surface area contributed by atoms with Gasteiger partial charge < -0.3 is 4.90 Å². The predicted molar refractivity (Wildman–Crippen MR) is 97.6 cm³/mol. The third-order valence-corrected chi connectivity index (χ3v) is 7.07. The summed E-state index contributed by atoms with van der Waals surface area (Å²) in [6, 6.07) is 0.249. The van der Waals surface area contributed by atoms with Gasteiger partial charge in [0.05, 0.1) is 12.8 Å². The zero-order chi connectivity index (χ0) is 17.2. The Morgan fingerprint density at radius 3 is 2.71 bits per heavy atom. The van der Waals surface area contributed by atoms with Crippen LogP contribution in [0.15, 0.2) is 11.6 Å². The first kappa shape index (κ1) is 18.3. The molecule has 136 valence electrons. The molecule has 1 aromatic heterocycles. The van der Waals surface area contributed by atoms with Gasteiger partial charge in [-0.15, -0.1) is 11.3 Å². The van der Waals surface area contributed by atoms with E-state index in [4.69, 9.17) is 0 Å². The molecule has 1 aromatic rings. The van der Waals surface area contributed by atoms with Gasteiger partial charge in [-0.25, -0.2) is 18.1 Å². The van der Waals surface area contributed by atoms with Crippen LogP contribution in [0.3, 0.4) is 0 Å². The molecular weight excluding hydrogens is 344 g/mol. The number of piperidine rings is 2. The van der Waals surface area contributed by atoms with Crippen LogP contribution in [0.4, 0.5) is 0 Å². The van der Waals surface area contributed by atoms with Crippen LogP contribution in [0.5, 0.6) is 0 Å². The van der Waals surface area contributed by atoms with E-state index in [1.54, 1.807) is 11.3 Å². The van der Waals surface area contributed by atoms with Crippen molar-refractivity contribution < 1.29 is 8.42 Å². The van der Waals surface area contributed by atoms with Gasteiger partial charge in [-0.05, 0) is 57.8 Å². The van der Waals surface area contributed by atoms with Crippen LogP contribution in [0.2, 0.25) is 0 Å². The van der Waals surface area contributed by atoms with Gasteiger partial charge in [0, 0.05) is 24.2 Å². The van der Waals surface area contributed by atoms with E-state index in [1.807, 2.05) is 11.6 Å². The highest BCUT2D eigenvalue weighted by Crippen LogP contribution is 2.44. The zero-order valence-corrected chi connectivity index (χ0v) is 16.2. The molecule has 2 fully saturated rings. The highest BCUT2D eigenvalue weighted by Gasteiger charge is 2.45. The van der Waals surface area contributed by atoms with E-state index in [-0.39, 0.29) is 11.5 Å². The molecule has 1 spiro atoms. The SMILES string of the molecule is CN1CCC2(CCCN(Cc3nccs3)[C@H]2CNS(C)(=O)=O)CC1. The molecule has 0 aromatic carbocycles. The van der Waals surface area contributed by atoms with Gasteiger partial charge in [-0.2, -0.15) is 0 Å². The van der Waals surface area contributed by atoms with Gasteiger partial charge in [-0.3, -0.25) is 4.90 Å². The maximum Gasteiger partial charge on any atom is 0.208 e. The second-order valence-electron chi connectivity index (χ2n) is 7.30. The molecule has 3 rings (SSSR count). The quantitative estimate of drug-likeness (QED) is 0.846. The Hall–Kier alpha value is -0.540. The average molecular weight is 373 g/mol. The van der Waals surface area contributed by atoms with E-state index in [0.717, 1.165) is 44.0 Å². The lowest BCUT2D eigenvalue weighted by Crippen LogP contribution is -2.59. The molecule has 0 saturated carbocycles. The van der Waals surface area contributed by atoms with Crippen LogP contribution in [-0.4, -0.2) is 68.7 Å². The number of sulfonamides is 1. The van der Waals surface area contributed by atoms with Crippen molar-refractivity contribution in [1.82, 2.24) is 19.5 Å². The molecule has 0 amide bonds. The molecule has 3 heterocycles. The Kier molecular flexibility index (Phi) is 5.61. The average Bonchev–Trinajstić information content (AvgIpc) is 3.02. The summed E-state index contributed by atoms with van der Waals surface area (Å²) >= 11 is 1.68. The lowest BCUT2D eigenvalue weighted by Gasteiger charge is -2.53. The third kappa shape index (κ3) is 4.35. The monoisotopic (exact) mass is 372 g/mol. The molecular formula is C16H28N4O2S2. The van der Waals surface area contributed by atoms with E-state index in [1.165, 1.54) is 19.1 Å². The summed E-state index contributed by atoms with van der Waals surface area (Å²) < 4.78 is 26.1. The van der Waals surface area contributed by atoms with Crippen molar-refractivity contribution in [2.45, 2.75) is 38.3 Å². The fourth-order valence-electron chi connectivity index (χ4n) is 4.26. The standard InChI is InChI=1S/C16H28N4O2S2/c1-19-9-5-16(6-10-19)4-3-8-20(13-15-17-7-11-23-15)14(16)12-18-24(2,21)22/h7,11,14,18H,3-6,8-10,12-13H2,1-2H3/t14-/m0/s1. The van der Waals surface area contributed by atoms with Crippen molar-refractivity contribution in [3.8, 4) is 0 Å². The Labute approximate surface area is 149 Å². The van der Waals surface area contributed by atoms with Crippen LogP contribution in [0.1, 0.15) is 30.7 Å². The number of hydrogen-bond acceptors (Lipinski definition) is 6. The molecule has 6 nitrogen and oxygen atoms in total. The Balaban J connectivity index is 1.80. The van der Waals surface area contributed by atoms with Gasteiger partial charge in [-0.1, -0.05) is 0 Å². The first-order chi connectivity index (χ1) is 11.4. The fraction of sp³-hybridized carbons (Fsp3) is 0.812. The van der Waals surface area contributed by atoms with Crippen LogP contribution < -0.4 is 4.72 Å². The highest BCUT2D eigenvalue weighted by molar-refractivity contribution is 7.88. The summed E-state index contributed by atoms with van der Waals surface area (Å²) in [4.78, 5) is 9.27. The highest BCUT2D eigenvalue weighted by atomic mass is 32.2. The van der Waals surface area contributed by atoms with Crippen LogP contribution >= 0.6 is 11.3 Å². The summed E-state index contributed by atoms with van der Waals surface area (Å²) in [6.07, 6.45) is 7.78. The van der Waals surface area contributed by atoms with Crippen molar-refractivity contribution in [1.29, 1.82) is 0 Å². The molecule has 0 radical (unpaired) electrons.